The number of carbonyl (C=O) groups is 1. The van der Waals surface area contributed by atoms with Crippen LogP contribution in [0.4, 0.5) is 20.5 Å². The number of aryl methyl sites for hydroxylation is 1. The number of aromatic nitrogens is 3. The number of anilines is 2. The number of carbonyl (C=O) groups excluding carboxylic acids is 1. The monoisotopic (exact) mass is 530 g/mol. The Labute approximate surface area is 214 Å². The quantitative estimate of drug-likeness (QED) is 0.446. The minimum absolute atomic E-state index is 0.133. The van der Waals surface area contributed by atoms with Gasteiger partial charge in [-0.15, -0.1) is 0 Å². The van der Waals surface area contributed by atoms with E-state index in [-0.39, 0.29) is 17.6 Å². The Morgan fingerprint density at radius 3 is 2.41 bits per heavy atom. The van der Waals surface area contributed by atoms with Gasteiger partial charge in [0.15, 0.2) is 16.7 Å². The molecule has 0 spiro atoms. The third kappa shape index (κ3) is 5.85. The Kier molecular flexibility index (Phi) is 7.67. The molecule has 1 fully saturated rings. The molecule has 0 unspecified atom stereocenters. The topological polar surface area (TPSA) is 117 Å². The highest BCUT2D eigenvalue weighted by atomic mass is 32.2. The first kappa shape index (κ1) is 26.4. The smallest absolute Gasteiger partial charge is 0.254 e. The van der Waals surface area contributed by atoms with Crippen molar-refractivity contribution in [3.63, 3.8) is 0 Å². The van der Waals surface area contributed by atoms with Crippen LogP contribution in [0.3, 0.4) is 0 Å². The Morgan fingerprint density at radius 2 is 1.73 bits per heavy atom. The average Bonchev–Trinajstić information content (AvgIpc) is 2.87. The summed E-state index contributed by atoms with van der Waals surface area (Å²) < 4.78 is 53.1. The summed E-state index contributed by atoms with van der Waals surface area (Å²) >= 11 is 0. The summed E-state index contributed by atoms with van der Waals surface area (Å²) in [6.07, 6.45) is 5.85. The van der Waals surface area contributed by atoms with E-state index in [4.69, 9.17) is 0 Å². The minimum atomic E-state index is -4.36. The highest BCUT2D eigenvalue weighted by Gasteiger charge is 2.29. The molecule has 0 bridgehead atoms. The average molecular weight is 531 g/mol. The van der Waals surface area contributed by atoms with Gasteiger partial charge in [-0.05, 0) is 62.9 Å². The molecule has 0 saturated heterocycles. The first-order valence-electron chi connectivity index (χ1n) is 11.8. The van der Waals surface area contributed by atoms with Crippen LogP contribution in [-0.4, -0.2) is 55.5 Å². The van der Waals surface area contributed by atoms with Crippen molar-refractivity contribution in [2.75, 3.05) is 24.3 Å². The number of rotatable bonds is 7. The van der Waals surface area contributed by atoms with E-state index in [0.717, 1.165) is 36.4 Å². The maximum atomic E-state index is 13.7. The standard InChI is InChI=1S/C25H28F2N6O3S/c1-15-14-29-25(32-22(15)33(2)3)31-17-8-6-16(7-9-17)30-23(34)19-5-4-12-28-24(19)37(35,36)18-10-11-20(26)21(27)13-18/h4-5,10-14,16-17H,6-9H2,1-3H3,(H,30,34)(H,29,31,32). The number of pyridine rings is 1. The molecule has 2 heterocycles. The van der Waals surface area contributed by atoms with Crippen molar-refractivity contribution in [1.82, 2.24) is 20.3 Å². The number of hydrogen-bond acceptors (Lipinski definition) is 8. The van der Waals surface area contributed by atoms with Crippen LogP contribution in [0.15, 0.2) is 52.6 Å². The van der Waals surface area contributed by atoms with Crippen molar-refractivity contribution in [2.45, 2.75) is 54.6 Å². The van der Waals surface area contributed by atoms with Crippen LogP contribution in [0.5, 0.6) is 0 Å². The fraction of sp³-hybridized carbons (Fsp3) is 0.360. The first-order valence-corrected chi connectivity index (χ1v) is 13.3. The number of halogens is 2. The summed E-state index contributed by atoms with van der Waals surface area (Å²) in [4.78, 5) is 27.3. The predicted octanol–water partition coefficient (Wildman–Crippen LogP) is 3.51. The van der Waals surface area contributed by atoms with E-state index in [1.54, 1.807) is 6.20 Å². The van der Waals surface area contributed by atoms with Gasteiger partial charge in [-0.2, -0.15) is 4.98 Å². The number of nitrogens with one attached hydrogen (secondary N) is 2. The lowest BCUT2D eigenvalue weighted by molar-refractivity contribution is 0.0922. The predicted molar refractivity (Wildman–Crippen MR) is 134 cm³/mol. The highest BCUT2D eigenvalue weighted by molar-refractivity contribution is 7.91. The highest BCUT2D eigenvalue weighted by Crippen LogP contribution is 2.26. The zero-order valence-corrected chi connectivity index (χ0v) is 21.5. The molecule has 196 valence electrons. The molecule has 1 saturated carbocycles. The molecule has 1 aliphatic rings. The molecule has 1 aromatic carbocycles. The van der Waals surface area contributed by atoms with Gasteiger partial charge in [-0.25, -0.2) is 27.2 Å². The van der Waals surface area contributed by atoms with Crippen LogP contribution >= 0.6 is 0 Å². The number of sulfone groups is 1. The first-order chi connectivity index (χ1) is 17.6. The summed E-state index contributed by atoms with van der Waals surface area (Å²) in [5, 5.41) is 5.74. The maximum absolute atomic E-state index is 13.7. The van der Waals surface area contributed by atoms with E-state index in [9.17, 15) is 22.0 Å². The number of hydrogen-bond donors (Lipinski definition) is 2. The van der Waals surface area contributed by atoms with Gasteiger partial charge in [-0.3, -0.25) is 4.79 Å². The van der Waals surface area contributed by atoms with Gasteiger partial charge >= 0.3 is 0 Å². The van der Waals surface area contributed by atoms with Gasteiger partial charge < -0.3 is 15.5 Å². The molecular formula is C25H28F2N6O3S. The fourth-order valence-corrected chi connectivity index (χ4v) is 5.70. The van der Waals surface area contributed by atoms with Crippen molar-refractivity contribution in [3.05, 3.63) is 65.5 Å². The minimum Gasteiger partial charge on any atom is -0.362 e. The summed E-state index contributed by atoms with van der Waals surface area (Å²) in [7, 11) is -0.516. The van der Waals surface area contributed by atoms with E-state index in [1.807, 2.05) is 25.9 Å². The Balaban J connectivity index is 1.42. The van der Waals surface area contributed by atoms with Crippen molar-refractivity contribution in [2.24, 2.45) is 0 Å². The number of amides is 1. The van der Waals surface area contributed by atoms with Gasteiger partial charge in [0.05, 0.1) is 10.5 Å². The second-order valence-corrected chi connectivity index (χ2v) is 11.1. The van der Waals surface area contributed by atoms with Crippen molar-refractivity contribution < 1.29 is 22.0 Å². The van der Waals surface area contributed by atoms with Crippen LogP contribution in [-0.2, 0) is 9.84 Å². The van der Waals surface area contributed by atoms with Crippen LogP contribution in [0, 0.1) is 18.6 Å². The van der Waals surface area contributed by atoms with Gasteiger partial charge in [-0.1, -0.05) is 0 Å². The Bertz CT molecular complexity index is 1410. The maximum Gasteiger partial charge on any atom is 0.254 e. The Hall–Kier alpha value is -3.67. The lowest BCUT2D eigenvalue weighted by Crippen LogP contribution is -2.40. The van der Waals surface area contributed by atoms with Crippen molar-refractivity contribution >= 4 is 27.5 Å². The molecular weight excluding hydrogens is 502 g/mol. The van der Waals surface area contributed by atoms with Crippen molar-refractivity contribution in [3.8, 4) is 0 Å². The zero-order valence-electron chi connectivity index (χ0n) is 20.7. The van der Waals surface area contributed by atoms with E-state index < -0.39 is 37.3 Å². The molecule has 1 amide bonds. The largest absolute Gasteiger partial charge is 0.362 e. The lowest BCUT2D eigenvalue weighted by Gasteiger charge is -2.30. The summed E-state index contributed by atoms with van der Waals surface area (Å²) in [6.45, 7) is 1.95. The van der Waals surface area contributed by atoms with Gasteiger partial charge in [0.1, 0.15) is 5.82 Å². The van der Waals surface area contributed by atoms with Gasteiger partial charge in [0.2, 0.25) is 15.8 Å². The number of nitrogens with zero attached hydrogens (tertiary/aromatic N) is 4. The fourth-order valence-electron chi connectivity index (χ4n) is 4.32. The number of benzene rings is 1. The van der Waals surface area contributed by atoms with E-state index in [2.05, 4.69) is 25.6 Å². The second-order valence-electron chi connectivity index (χ2n) is 9.20. The van der Waals surface area contributed by atoms with Crippen LogP contribution in [0.25, 0.3) is 0 Å². The SMILES string of the molecule is Cc1cnc(NC2CCC(NC(=O)c3cccnc3S(=O)(=O)c3ccc(F)c(F)c3)CC2)nc1N(C)C. The zero-order chi connectivity index (χ0) is 26.7. The van der Waals surface area contributed by atoms with Crippen molar-refractivity contribution in [1.29, 1.82) is 0 Å². The van der Waals surface area contributed by atoms with E-state index >= 15 is 0 Å². The third-order valence-electron chi connectivity index (χ3n) is 6.24. The molecule has 9 nitrogen and oxygen atoms in total. The third-order valence-corrected chi connectivity index (χ3v) is 7.94. The molecule has 0 radical (unpaired) electrons. The van der Waals surface area contributed by atoms with E-state index in [1.165, 1.54) is 18.3 Å². The molecule has 2 aromatic heterocycles. The summed E-state index contributed by atoms with van der Waals surface area (Å²) in [5.41, 5.74) is 0.820. The van der Waals surface area contributed by atoms with Crippen LogP contribution < -0.4 is 15.5 Å². The molecule has 0 aliphatic heterocycles. The molecule has 1 aliphatic carbocycles. The normalized spacial score (nSPS) is 17.8. The second kappa shape index (κ2) is 10.8. The molecule has 2 N–H and O–H groups in total. The Morgan fingerprint density at radius 1 is 1.03 bits per heavy atom. The van der Waals surface area contributed by atoms with E-state index in [0.29, 0.717) is 24.9 Å². The summed E-state index contributed by atoms with van der Waals surface area (Å²) in [6, 6.07) is 5.00. The van der Waals surface area contributed by atoms with Crippen LogP contribution in [0.2, 0.25) is 0 Å². The lowest BCUT2D eigenvalue weighted by atomic mass is 9.91. The van der Waals surface area contributed by atoms with Gasteiger partial charge in [0, 0.05) is 44.1 Å². The molecule has 3 aromatic rings. The summed E-state index contributed by atoms with van der Waals surface area (Å²) in [5.74, 6) is -1.69. The van der Waals surface area contributed by atoms with Gasteiger partial charge in [0.25, 0.3) is 5.91 Å². The molecule has 12 heteroatoms. The molecule has 4 rings (SSSR count). The van der Waals surface area contributed by atoms with Crippen LogP contribution in [0.1, 0.15) is 41.6 Å². The molecule has 0 atom stereocenters. The molecule has 37 heavy (non-hydrogen) atoms.